The zero-order valence-corrected chi connectivity index (χ0v) is 14.9. The van der Waals surface area contributed by atoms with Crippen LogP contribution in [0.5, 0.6) is 0 Å². The molecule has 0 unspecified atom stereocenters. The van der Waals surface area contributed by atoms with Crippen LogP contribution >= 0.6 is 0 Å². The maximum Gasteiger partial charge on any atom is 0.309 e. The Balaban J connectivity index is 4.03. The van der Waals surface area contributed by atoms with Gasteiger partial charge in [0.1, 0.15) is 13.2 Å². The van der Waals surface area contributed by atoms with Crippen molar-refractivity contribution < 1.29 is 19.1 Å². The van der Waals surface area contributed by atoms with E-state index in [0.29, 0.717) is 0 Å². The van der Waals surface area contributed by atoms with E-state index in [1.165, 1.54) is 0 Å². The molecule has 0 aliphatic rings. The van der Waals surface area contributed by atoms with E-state index >= 15 is 0 Å². The molecule has 0 radical (unpaired) electrons. The zero-order chi connectivity index (χ0) is 16.8. The van der Waals surface area contributed by atoms with E-state index in [2.05, 4.69) is 27.7 Å². The maximum absolute atomic E-state index is 11.9. The molecule has 0 bridgehead atoms. The largest absolute Gasteiger partial charge is 0.462 e. The van der Waals surface area contributed by atoms with Gasteiger partial charge in [0.25, 0.3) is 0 Å². The van der Waals surface area contributed by atoms with Gasteiger partial charge in [0, 0.05) is 0 Å². The minimum absolute atomic E-state index is 0.0152. The highest BCUT2D eigenvalue weighted by atomic mass is 16.6. The van der Waals surface area contributed by atoms with Gasteiger partial charge in [-0.05, 0) is 25.7 Å². The van der Waals surface area contributed by atoms with Gasteiger partial charge in [-0.2, -0.15) is 0 Å². The summed E-state index contributed by atoms with van der Waals surface area (Å²) >= 11 is 0. The number of carbonyl (C=O) groups is 2. The lowest BCUT2D eigenvalue weighted by Crippen LogP contribution is -2.23. The first-order valence-electron chi connectivity index (χ1n) is 8.93. The average Bonchev–Trinajstić information content (AvgIpc) is 2.50. The second kappa shape index (κ2) is 13.6. The third-order valence-corrected chi connectivity index (χ3v) is 3.79. The van der Waals surface area contributed by atoms with Crippen LogP contribution in [-0.4, -0.2) is 25.2 Å². The molecular weight excluding hydrogens is 280 g/mol. The van der Waals surface area contributed by atoms with Gasteiger partial charge < -0.3 is 9.47 Å². The van der Waals surface area contributed by atoms with Gasteiger partial charge in [-0.1, -0.05) is 53.4 Å². The molecule has 0 aliphatic carbocycles. The minimum atomic E-state index is -0.154. The predicted octanol–water partition coefficient (Wildman–Crippen LogP) is 4.51. The average molecular weight is 314 g/mol. The Bertz CT molecular complexity index is 259. The van der Waals surface area contributed by atoms with Crippen LogP contribution < -0.4 is 0 Å². The second-order valence-electron chi connectivity index (χ2n) is 5.88. The molecule has 0 aromatic carbocycles. The third-order valence-electron chi connectivity index (χ3n) is 3.79. The molecule has 0 saturated carbocycles. The van der Waals surface area contributed by atoms with E-state index in [1.807, 2.05) is 0 Å². The van der Waals surface area contributed by atoms with Gasteiger partial charge in [0.15, 0.2) is 0 Å². The molecule has 0 fully saturated rings. The van der Waals surface area contributed by atoms with Crippen LogP contribution in [0, 0.1) is 11.8 Å². The number of carbonyl (C=O) groups excluding carboxylic acids is 2. The lowest BCUT2D eigenvalue weighted by molar-refractivity contribution is -0.158. The van der Waals surface area contributed by atoms with Crippen molar-refractivity contribution in [2.45, 2.75) is 79.1 Å². The SMILES string of the molecule is CCCC(CCC)C(=O)OCCOC(=O)C(CCC)CCC. The number of esters is 2. The highest BCUT2D eigenvalue weighted by Gasteiger charge is 2.20. The monoisotopic (exact) mass is 314 g/mol. The van der Waals surface area contributed by atoms with Crippen LogP contribution in [0.4, 0.5) is 0 Å². The fourth-order valence-electron chi connectivity index (χ4n) is 2.67. The third kappa shape index (κ3) is 9.06. The maximum atomic E-state index is 11.9. The smallest absolute Gasteiger partial charge is 0.309 e. The van der Waals surface area contributed by atoms with Gasteiger partial charge in [-0.25, -0.2) is 0 Å². The topological polar surface area (TPSA) is 52.6 Å². The Hall–Kier alpha value is -1.06. The number of hydrogen-bond acceptors (Lipinski definition) is 4. The van der Waals surface area contributed by atoms with Crippen LogP contribution in [0.25, 0.3) is 0 Å². The molecule has 0 spiro atoms. The molecule has 0 saturated heterocycles. The normalized spacial score (nSPS) is 11.0. The summed E-state index contributed by atoms with van der Waals surface area (Å²) < 4.78 is 10.5. The molecular formula is C18H34O4. The van der Waals surface area contributed by atoms with Crippen molar-refractivity contribution in [3.63, 3.8) is 0 Å². The van der Waals surface area contributed by atoms with E-state index in [1.54, 1.807) is 0 Å². The van der Waals surface area contributed by atoms with Gasteiger partial charge in [-0.15, -0.1) is 0 Å². The summed E-state index contributed by atoms with van der Waals surface area (Å²) in [6, 6.07) is 0. The highest BCUT2D eigenvalue weighted by molar-refractivity contribution is 5.73. The number of rotatable bonds is 13. The van der Waals surface area contributed by atoms with E-state index in [4.69, 9.17) is 9.47 Å². The Morgan fingerprint density at radius 1 is 0.636 bits per heavy atom. The Morgan fingerprint density at radius 3 is 1.14 bits per heavy atom. The molecule has 130 valence electrons. The quantitative estimate of drug-likeness (QED) is 0.371. The van der Waals surface area contributed by atoms with E-state index < -0.39 is 0 Å². The van der Waals surface area contributed by atoms with Crippen LogP contribution in [0.1, 0.15) is 79.1 Å². The van der Waals surface area contributed by atoms with Crippen LogP contribution in [0.15, 0.2) is 0 Å². The van der Waals surface area contributed by atoms with E-state index in [-0.39, 0.29) is 37.0 Å². The Kier molecular flexibility index (Phi) is 12.9. The molecule has 0 aromatic heterocycles. The molecule has 0 aromatic rings. The minimum Gasteiger partial charge on any atom is -0.462 e. The molecule has 0 atom stereocenters. The van der Waals surface area contributed by atoms with Gasteiger partial charge in [0.05, 0.1) is 11.8 Å². The van der Waals surface area contributed by atoms with E-state index in [0.717, 1.165) is 51.4 Å². The molecule has 0 aliphatic heterocycles. The summed E-state index contributed by atoms with van der Waals surface area (Å²) in [7, 11) is 0. The highest BCUT2D eigenvalue weighted by Crippen LogP contribution is 2.16. The molecule has 0 rings (SSSR count). The summed E-state index contributed by atoms with van der Waals surface area (Å²) in [6.07, 6.45) is 7.36. The lowest BCUT2D eigenvalue weighted by atomic mass is 9.98. The summed E-state index contributed by atoms with van der Waals surface area (Å²) in [5.74, 6) is -0.339. The standard InChI is InChI=1S/C18H34O4/c1-5-9-15(10-6-2)17(19)21-13-14-22-18(20)16(11-7-3)12-8-4/h15-16H,5-14H2,1-4H3. The summed E-state index contributed by atoms with van der Waals surface area (Å²) in [5, 5.41) is 0. The molecule has 4 nitrogen and oxygen atoms in total. The van der Waals surface area contributed by atoms with Crippen molar-refractivity contribution in [2.75, 3.05) is 13.2 Å². The van der Waals surface area contributed by atoms with Crippen molar-refractivity contribution >= 4 is 11.9 Å². The second-order valence-corrected chi connectivity index (χ2v) is 5.88. The summed E-state index contributed by atoms with van der Waals surface area (Å²) in [6.45, 7) is 8.61. The van der Waals surface area contributed by atoms with Crippen LogP contribution in [0.2, 0.25) is 0 Å². The fraction of sp³-hybridized carbons (Fsp3) is 0.889. The summed E-state index contributed by atoms with van der Waals surface area (Å²) in [5.41, 5.74) is 0. The van der Waals surface area contributed by atoms with Crippen molar-refractivity contribution in [3.8, 4) is 0 Å². The van der Waals surface area contributed by atoms with Crippen molar-refractivity contribution in [3.05, 3.63) is 0 Å². The first-order chi connectivity index (χ1) is 10.6. The fourth-order valence-corrected chi connectivity index (χ4v) is 2.67. The zero-order valence-electron chi connectivity index (χ0n) is 14.9. The van der Waals surface area contributed by atoms with Gasteiger partial charge in [-0.3, -0.25) is 9.59 Å². The number of ether oxygens (including phenoxy) is 2. The molecule has 4 heteroatoms. The number of hydrogen-bond donors (Lipinski definition) is 0. The summed E-state index contributed by atoms with van der Waals surface area (Å²) in [4.78, 5) is 23.9. The molecule has 0 N–H and O–H groups in total. The first kappa shape index (κ1) is 20.9. The van der Waals surface area contributed by atoms with Gasteiger partial charge in [0.2, 0.25) is 0 Å². The van der Waals surface area contributed by atoms with Crippen LogP contribution in [0.3, 0.4) is 0 Å². The van der Waals surface area contributed by atoms with Crippen molar-refractivity contribution in [2.24, 2.45) is 11.8 Å². The molecule has 22 heavy (non-hydrogen) atoms. The van der Waals surface area contributed by atoms with Gasteiger partial charge >= 0.3 is 11.9 Å². The predicted molar refractivity (Wildman–Crippen MR) is 88.5 cm³/mol. The lowest BCUT2D eigenvalue weighted by Gasteiger charge is -2.16. The Morgan fingerprint density at radius 2 is 0.909 bits per heavy atom. The van der Waals surface area contributed by atoms with Crippen molar-refractivity contribution in [1.82, 2.24) is 0 Å². The molecule has 0 amide bonds. The molecule has 0 heterocycles. The van der Waals surface area contributed by atoms with Crippen LogP contribution in [-0.2, 0) is 19.1 Å². The van der Waals surface area contributed by atoms with E-state index in [9.17, 15) is 9.59 Å². The van der Waals surface area contributed by atoms with Crippen molar-refractivity contribution in [1.29, 1.82) is 0 Å². The first-order valence-corrected chi connectivity index (χ1v) is 8.93. The Labute approximate surface area is 135 Å².